The van der Waals surface area contributed by atoms with E-state index in [9.17, 15) is 9.59 Å². The van der Waals surface area contributed by atoms with Crippen molar-refractivity contribution in [2.75, 3.05) is 13.7 Å². The molecular formula is C17H27N3O3. The Hall–Kier alpha value is -2.24. The van der Waals surface area contributed by atoms with Crippen molar-refractivity contribution in [2.24, 2.45) is 5.73 Å². The first kappa shape index (κ1) is 18.8. The molecule has 0 saturated heterocycles. The summed E-state index contributed by atoms with van der Waals surface area (Å²) in [5.41, 5.74) is 7.08. The molecule has 6 heteroatoms. The summed E-state index contributed by atoms with van der Waals surface area (Å²) in [5, 5.41) is 5.53. The van der Waals surface area contributed by atoms with E-state index in [0.29, 0.717) is 13.0 Å². The number of primary amides is 1. The van der Waals surface area contributed by atoms with Gasteiger partial charge in [-0.05, 0) is 32.8 Å². The molecule has 3 amide bonds. The van der Waals surface area contributed by atoms with Gasteiger partial charge in [-0.2, -0.15) is 0 Å². The van der Waals surface area contributed by atoms with E-state index in [2.05, 4.69) is 10.6 Å². The predicted octanol–water partition coefficient (Wildman–Crippen LogP) is 2.41. The number of methoxy groups -OCH3 is 1. The minimum atomic E-state index is -0.510. The number of hydrogen-bond acceptors (Lipinski definition) is 3. The molecule has 0 fully saturated rings. The van der Waals surface area contributed by atoms with Gasteiger partial charge < -0.3 is 21.1 Å². The lowest BCUT2D eigenvalue weighted by molar-refractivity contribution is -0.121. The van der Waals surface area contributed by atoms with Gasteiger partial charge in [0.1, 0.15) is 5.75 Å². The minimum absolute atomic E-state index is 0.0175. The lowest BCUT2D eigenvalue weighted by Gasteiger charge is -2.18. The van der Waals surface area contributed by atoms with Crippen LogP contribution >= 0.6 is 0 Å². The van der Waals surface area contributed by atoms with Crippen LogP contribution in [0.25, 0.3) is 0 Å². The fourth-order valence-electron chi connectivity index (χ4n) is 2.38. The average Bonchev–Trinajstić information content (AvgIpc) is 2.50. The van der Waals surface area contributed by atoms with E-state index in [1.807, 2.05) is 32.0 Å². The first-order valence-electron chi connectivity index (χ1n) is 7.91. The van der Waals surface area contributed by atoms with Crippen molar-refractivity contribution in [1.29, 1.82) is 0 Å². The molecule has 1 aromatic carbocycles. The molecule has 0 heterocycles. The zero-order valence-electron chi connectivity index (χ0n) is 14.1. The Balaban J connectivity index is 2.36. The fourth-order valence-corrected chi connectivity index (χ4v) is 2.38. The monoisotopic (exact) mass is 321 g/mol. The van der Waals surface area contributed by atoms with Crippen LogP contribution in [0.5, 0.6) is 5.75 Å². The fraction of sp³-hybridized carbons (Fsp3) is 0.529. The molecule has 0 saturated carbocycles. The second kappa shape index (κ2) is 9.71. The van der Waals surface area contributed by atoms with Gasteiger partial charge in [0.2, 0.25) is 5.91 Å². The number of nitrogens with one attached hydrogen (secondary N) is 2. The summed E-state index contributed by atoms with van der Waals surface area (Å²) in [6, 6.07) is 5.31. The lowest BCUT2D eigenvalue weighted by atomic mass is 10.0. The molecule has 1 rings (SSSR count). The molecule has 0 aliphatic carbocycles. The first-order valence-corrected chi connectivity index (χ1v) is 7.91. The van der Waals surface area contributed by atoms with Crippen LogP contribution in [0.3, 0.4) is 0 Å². The highest BCUT2D eigenvalue weighted by atomic mass is 16.5. The molecule has 0 bridgehead atoms. The van der Waals surface area contributed by atoms with E-state index >= 15 is 0 Å². The normalized spacial score (nSPS) is 11.6. The van der Waals surface area contributed by atoms with E-state index in [4.69, 9.17) is 10.5 Å². The van der Waals surface area contributed by atoms with Gasteiger partial charge >= 0.3 is 6.03 Å². The number of aryl methyl sites for hydroxylation is 1. The summed E-state index contributed by atoms with van der Waals surface area (Å²) in [5.74, 6) is 0.796. The van der Waals surface area contributed by atoms with Crippen LogP contribution in [-0.2, 0) is 4.79 Å². The molecule has 23 heavy (non-hydrogen) atoms. The Morgan fingerprint density at radius 2 is 2.00 bits per heavy atom. The molecule has 6 nitrogen and oxygen atoms in total. The zero-order chi connectivity index (χ0) is 17.2. The summed E-state index contributed by atoms with van der Waals surface area (Å²) in [4.78, 5) is 22.5. The highest BCUT2D eigenvalue weighted by Gasteiger charge is 2.14. The van der Waals surface area contributed by atoms with Crippen LogP contribution in [-0.4, -0.2) is 25.6 Å². The van der Waals surface area contributed by atoms with Crippen molar-refractivity contribution in [3.8, 4) is 5.75 Å². The molecule has 1 atom stereocenters. The number of unbranched alkanes of at least 4 members (excludes halogenated alkanes) is 2. The molecule has 0 aromatic heterocycles. The third kappa shape index (κ3) is 7.04. The van der Waals surface area contributed by atoms with Crippen molar-refractivity contribution in [3.05, 3.63) is 29.3 Å². The Bertz CT molecular complexity index is 532. The van der Waals surface area contributed by atoms with Crippen molar-refractivity contribution < 1.29 is 14.3 Å². The molecule has 0 unspecified atom stereocenters. The molecule has 128 valence electrons. The van der Waals surface area contributed by atoms with E-state index in [1.54, 1.807) is 7.11 Å². The second-order valence-corrected chi connectivity index (χ2v) is 5.64. The third-order valence-electron chi connectivity index (χ3n) is 3.61. The van der Waals surface area contributed by atoms with Crippen LogP contribution in [0.4, 0.5) is 4.79 Å². The summed E-state index contributed by atoms with van der Waals surface area (Å²) < 4.78 is 5.35. The number of nitrogens with two attached hydrogens (primary N) is 1. The van der Waals surface area contributed by atoms with E-state index < -0.39 is 6.03 Å². The van der Waals surface area contributed by atoms with E-state index in [-0.39, 0.29) is 11.9 Å². The maximum atomic E-state index is 12.0. The molecule has 4 N–H and O–H groups in total. The van der Waals surface area contributed by atoms with Crippen LogP contribution in [0.15, 0.2) is 18.2 Å². The Morgan fingerprint density at radius 3 is 2.65 bits per heavy atom. The van der Waals surface area contributed by atoms with E-state index in [1.165, 1.54) is 0 Å². The number of rotatable bonds is 9. The number of carbonyl (C=O) groups is 2. The molecule has 1 aromatic rings. The van der Waals surface area contributed by atoms with Gasteiger partial charge in [0.05, 0.1) is 13.2 Å². The summed E-state index contributed by atoms with van der Waals surface area (Å²) in [6.45, 7) is 4.51. The van der Waals surface area contributed by atoms with Crippen LogP contribution in [0.1, 0.15) is 49.8 Å². The molecule has 0 aliphatic heterocycles. The highest BCUT2D eigenvalue weighted by Crippen LogP contribution is 2.26. The van der Waals surface area contributed by atoms with E-state index in [0.717, 1.165) is 36.1 Å². The van der Waals surface area contributed by atoms with Gasteiger partial charge in [0.15, 0.2) is 0 Å². The largest absolute Gasteiger partial charge is 0.496 e. The average molecular weight is 321 g/mol. The van der Waals surface area contributed by atoms with Gasteiger partial charge in [0.25, 0.3) is 0 Å². The lowest BCUT2D eigenvalue weighted by Crippen LogP contribution is -2.30. The maximum absolute atomic E-state index is 12.0. The number of hydrogen-bond donors (Lipinski definition) is 3. The number of ether oxygens (including phenoxy) is 1. The zero-order valence-corrected chi connectivity index (χ0v) is 14.1. The molecular weight excluding hydrogens is 294 g/mol. The van der Waals surface area contributed by atoms with Crippen molar-refractivity contribution in [2.45, 2.75) is 45.6 Å². The SMILES string of the molecule is COc1ccc(C)cc1[C@H](C)NC(=O)CCCCCNC(N)=O. The van der Waals surface area contributed by atoms with Crippen LogP contribution < -0.4 is 21.1 Å². The van der Waals surface area contributed by atoms with Crippen LogP contribution in [0, 0.1) is 6.92 Å². The molecule has 0 spiro atoms. The second-order valence-electron chi connectivity index (χ2n) is 5.64. The van der Waals surface area contributed by atoms with Gasteiger partial charge in [-0.1, -0.05) is 24.1 Å². The topological polar surface area (TPSA) is 93.4 Å². The van der Waals surface area contributed by atoms with Gasteiger partial charge in [-0.15, -0.1) is 0 Å². The molecule has 0 radical (unpaired) electrons. The summed E-state index contributed by atoms with van der Waals surface area (Å²) in [7, 11) is 1.63. The van der Waals surface area contributed by atoms with Crippen molar-refractivity contribution >= 4 is 11.9 Å². The number of amides is 3. The minimum Gasteiger partial charge on any atom is -0.496 e. The van der Waals surface area contributed by atoms with Gasteiger partial charge in [-0.3, -0.25) is 4.79 Å². The Labute approximate surface area is 137 Å². The third-order valence-corrected chi connectivity index (χ3v) is 3.61. The highest BCUT2D eigenvalue weighted by molar-refractivity contribution is 5.76. The molecule has 0 aliphatic rings. The van der Waals surface area contributed by atoms with Gasteiger partial charge in [-0.25, -0.2) is 4.79 Å². The Kier molecular flexibility index (Phi) is 7.94. The van der Waals surface area contributed by atoms with Gasteiger partial charge in [0, 0.05) is 18.5 Å². The maximum Gasteiger partial charge on any atom is 0.312 e. The summed E-state index contributed by atoms with van der Waals surface area (Å²) in [6.07, 6.45) is 2.94. The first-order chi connectivity index (χ1) is 10.9. The predicted molar refractivity (Wildman–Crippen MR) is 90.3 cm³/mol. The quantitative estimate of drug-likeness (QED) is 0.610. The summed E-state index contributed by atoms with van der Waals surface area (Å²) >= 11 is 0. The van der Waals surface area contributed by atoms with Crippen molar-refractivity contribution in [1.82, 2.24) is 10.6 Å². The smallest absolute Gasteiger partial charge is 0.312 e. The number of carbonyl (C=O) groups excluding carboxylic acids is 2. The standard InChI is InChI=1S/C17H27N3O3/c1-12-8-9-15(23-3)14(11-12)13(2)20-16(21)7-5-4-6-10-19-17(18)22/h8-9,11,13H,4-7,10H2,1-3H3,(H,20,21)(H3,18,19,22)/t13-/m0/s1. The van der Waals surface area contributed by atoms with Crippen molar-refractivity contribution in [3.63, 3.8) is 0 Å². The Morgan fingerprint density at radius 1 is 1.26 bits per heavy atom. The van der Waals surface area contributed by atoms with Crippen LogP contribution in [0.2, 0.25) is 0 Å². The number of urea groups is 1. The number of benzene rings is 1.